The van der Waals surface area contributed by atoms with Crippen LogP contribution in [-0.2, 0) is 19.7 Å². The Morgan fingerprint density at radius 3 is 2.17 bits per heavy atom. The predicted molar refractivity (Wildman–Crippen MR) is 36.9 cm³/mol. The number of carbonyl (C=O) groups is 2. The molecule has 0 spiro atoms. The molecule has 12 heavy (non-hydrogen) atoms. The van der Waals surface area contributed by atoms with Crippen LogP contribution in [0.2, 0.25) is 0 Å². The summed E-state index contributed by atoms with van der Waals surface area (Å²) >= 11 is 0. The van der Waals surface area contributed by atoms with E-state index in [1.165, 1.54) is 0 Å². The van der Waals surface area contributed by atoms with E-state index < -0.39 is 26.6 Å². The van der Waals surface area contributed by atoms with Crippen molar-refractivity contribution in [1.29, 1.82) is 0 Å². The Hall–Kier alpha value is -1.27. The van der Waals surface area contributed by atoms with E-state index in [4.69, 9.17) is 0 Å². The second-order valence-corrected chi connectivity index (χ2v) is 3.41. The Balaban J connectivity index is 3.23. The number of hydrogen-bond acceptors (Lipinski definition) is 5. The van der Waals surface area contributed by atoms with Crippen molar-refractivity contribution in [3.8, 4) is 0 Å². The smallest absolute Gasteiger partial charge is 0.196 e. The fourth-order valence-corrected chi connectivity index (χ4v) is 1.26. The van der Waals surface area contributed by atoms with Gasteiger partial charge in [0.05, 0.1) is 0 Å². The van der Waals surface area contributed by atoms with Crippen molar-refractivity contribution < 1.29 is 22.6 Å². The third kappa shape index (κ3) is 1.66. The van der Waals surface area contributed by atoms with Crippen molar-refractivity contribution in [2.75, 3.05) is 0 Å². The Morgan fingerprint density at radius 2 is 1.75 bits per heavy atom. The lowest BCUT2D eigenvalue weighted by molar-refractivity contribution is -0.114. The van der Waals surface area contributed by atoms with Crippen LogP contribution in [0.5, 0.6) is 0 Å². The number of rotatable bonds is 1. The maximum atomic E-state index is 10.7. The van der Waals surface area contributed by atoms with Crippen molar-refractivity contribution >= 4 is 21.7 Å². The number of hydrogen-bond donors (Lipinski definition) is 0. The molecule has 0 bridgehead atoms. The van der Waals surface area contributed by atoms with Crippen LogP contribution in [0, 0.1) is 0 Å². The van der Waals surface area contributed by atoms with Crippen LogP contribution >= 0.6 is 0 Å². The van der Waals surface area contributed by atoms with Crippen molar-refractivity contribution in [1.82, 2.24) is 0 Å². The first-order valence-electron chi connectivity index (χ1n) is 2.85. The Morgan fingerprint density at radius 1 is 1.17 bits per heavy atom. The lowest BCUT2D eigenvalue weighted by atomic mass is 10.2. The van der Waals surface area contributed by atoms with Gasteiger partial charge in [-0.25, -0.2) is 8.42 Å². The van der Waals surface area contributed by atoms with Crippen LogP contribution in [0.25, 0.3) is 0 Å². The zero-order valence-corrected chi connectivity index (χ0v) is 6.50. The summed E-state index contributed by atoms with van der Waals surface area (Å²) in [7, 11) is -4.82. The molecule has 1 rings (SSSR count). The van der Waals surface area contributed by atoms with E-state index in [0.29, 0.717) is 6.08 Å². The normalized spacial score (nSPS) is 17.9. The minimum absolute atomic E-state index is 0.519. The van der Waals surface area contributed by atoms with Crippen LogP contribution in [-0.4, -0.2) is 24.5 Å². The molecule has 1 aliphatic rings. The summed E-state index contributed by atoms with van der Waals surface area (Å²) < 4.78 is 30.9. The maximum Gasteiger partial charge on any atom is 0.196 e. The molecule has 0 aromatic carbocycles. The molecule has 64 valence electrons. The van der Waals surface area contributed by atoms with Gasteiger partial charge in [-0.2, -0.15) is 0 Å². The molecule has 0 saturated carbocycles. The van der Waals surface area contributed by atoms with E-state index >= 15 is 0 Å². The molecule has 1 aliphatic carbocycles. The van der Waals surface area contributed by atoms with Gasteiger partial charge < -0.3 is 4.55 Å². The van der Waals surface area contributed by atoms with Gasteiger partial charge in [0.15, 0.2) is 11.6 Å². The van der Waals surface area contributed by atoms with Crippen LogP contribution in [0.15, 0.2) is 23.1 Å². The first-order valence-corrected chi connectivity index (χ1v) is 4.26. The van der Waals surface area contributed by atoms with Crippen LogP contribution < -0.4 is 0 Å². The number of ketones is 2. The van der Waals surface area contributed by atoms with Gasteiger partial charge >= 0.3 is 0 Å². The van der Waals surface area contributed by atoms with Crippen molar-refractivity contribution in [2.24, 2.45) is 0 Å². The second kappa shape index (κ2) is 2.65. The van der Waals surface area contributed by atoms with E-state index in [1.54, 1.807) is 0 Å². The van der Waals surface area contributed by atoms with Crippen molar-refractivity contribution in [3.63, 3.8) is 0 Å². The van der Waals surface area contributed by atoms with Crippen LogP contribution in [0.3, 0.4) is 0 Å². The standard InChI is InChI=1S/C6H4O5S/c7-4-1-2-5(8)6(3-4)12(9,10)11/h1-3H,(H,9,10,11)/p-1. The molecular weight excluding hydrogens is 184 g/mol. The third-order valence-electron chi connectivity index (χ3n) is 1.18. The molecular formula is C6H3O5S-. The van der Waals surface area contributed by atoms with Gasteiger partial charge in [0.25, 0.3) is 0 Å². The Bertz CT molecular complexity index is 398. The van der Waals surface area contributed by atoms with E-state index in [9.17, 15) is 22.6 Å². The van der Waals surface area contributed by atoms with Crippen molar-refractivity contribution in [2.45, 2.75) is 0 Å². The summed E-state index contributed by atoms with van der Waals surface area (Å²) in [5.41, 5.74) is 0. The maximum absolute atomic E-state index is 10.7. The summed E-state index contributed by atoms with van der Waals surface area (Å²) in [4.78, 5) is 20.3. The molecule has 0 fully saturated rings. The lowest BCUT2D eigenvalue weighted by Crippen LogP contribution is -2.15. The lowest BCUT2D eigenvalue weighted by Gasteiger charge is -2.09. The van der Waals surface area contributed by atoms with Crippen LogP contribution in [0.1, 0.15) is 0 Å². The Labute approximate surface area is 68.1 Å². The van der Waals surface area contributed by atoms with Gasteiger partial charge in [-0.3, -0.25) is 9.59 Å². The summed E-state index contributed by atoms with van der Waals surface area (Å²) in [5.74, 6) is -1.63. The third-order valence-corrected chi connectivity index (χ3v) is 2.04. The minimum atomic E-state index is -4.82. The van der Waals surface area contributed by atoms with Gasteiger partial charge in [0, 0.05) is 6.08 Å². The van der Waals surface area contributed by atoms with E-state index in [1.807, 2.05) is 0 Å². The number of allylic oxidation sites excluding steroid dienone is 4. The minimum Gasteiger partial charge on any atom is -0.744 e. The quantitative estimate of drug-likeness (QED) is 0.392. The van der Waals surface area contributed by atoms with Gasteiger partial charge in [-0.1, -0.05) is 0 Å². The first-order chi connectivity index (χ1) is 5.41. The second-order valence-electron chi connectivity index (χ2n) is 2.06. The van der Waals surface area contributed by atoms with E-state index in [0.717, 1.165) is 12.2 Å². The molecule has 0 atom stereocenters. The molecule has 0 unspecified atom stereocenters. The molecule has 0 saturated heterocycles. The SMILES string of the molecule is O=C1C=CC(=O)C(S(=O)(=O)[O-])=C1. The Kier molecular flexibility index (Phi) is 1.95. The molecule has 5 nitrogen and oxygen atoms in total. The monoisotopic (exact) mass is 187 g/mol. The predicted octanol–water partition coefficient (Wildman–Crippen LogP) is -0.876. The average molecular weight is 187 g/mol. The molecule has 0 N–H and O–H groups in total. The topological polar surface area (TPSA) is 91.3 Å². The highest BCUT2D eigenvalue weighted by Crippen LogP contribution is 2.10. The number of carbonyl (C=O) groups excluding carboxylic acids is 2. The highest BCUT2D eigenvalue weighted by molar-refractivity contribution is 7.90. The largest absolute Gasteiger partial charge is 0.744 e. The van der Waals surface area contributed by atoms with Gasteiger partial charge in [0.2, 0.25) is 0 Å². The molecule has 0 aromatic heterocycles. The van der Waals surface area contributed by atoms with Gasteiger partial charge in [-0.15, -0.1) is 0 Å². The highest BCUT2D eigenvalue weighted by atomic mass is 32.2. The van der Waals surface area contributed by atoms with Gasteiger partial charge in [-0.05, 0) is 12.2 Å². The molecule has 6 heteroatoms. The summed E-state index contributed by atoms with van der Waals surface area (Å²) in [5, 5.41) is 0. The summed E-state index contributed by atoms with van der Waals surface area (Å²) in [6.45, 7) is 0. The molecule has 0 amide bonds. The fraction of sp³-hybridized carbons (Fsp3) is 0. The summed E-state index contributed by atoms with van der Waals surface area (Å²) in [6, 6.07) is 0. The zero-order chi connectivity index (χ0) is 9.35. The van der Waals surface area contributed by atoms with Crippen LogP contribution in [0.4, 0.5) is 0 Å². The zero-order valence-electron chi connectivity index (χ0n) is 5.68. The van der Waals surface area contributed by atoms with E-state index in [-0.39, 0.29) is 0 Å². The van der Waals surface area contributed by atoms with E-state index in [2.05, 4.69) is 0 Å². The highest BCUT2D eigenvalue weighted by Gasteiger charge is 2.18. The average Bonchev–Trinajstić information content (AvgIpc) is 1.92. The molecule has 0 aromatic rings. The molecule has 0 heterocycles. The first kappa shape index (κ1) is 8.82. The summed E-state index contributed by atoms with van der Waals surface area (Å²) in [6.07, 6.45) is 2.18. The van der Waals surface area contributed by atoms with Gasteiger partial charge in [0.1, 0.15) is 15.0 Å². The molecule has 0 aliphatic heterocycles. The fourth-order valence-electron chi connectivity index (χ4n) is 0.684. The van der Waals surface area contributed by atoms with Crippen molar-refractivity contribution in [3.05, 3.63) is 23.1 Å². The molecule has 0 radical (unpaired) electrons.